The summed E-state index contributed by atoms with van der Waals surface area (Å²) in [4.78, 5) is 25.7. The molecule has 4 nitrogen and oxygen atoms in total. The number of aliphatic carboxylic acids is 1. The second-order valence-electron chi connectivity index (χ2n) is 7.72. The van der Waals surface area contributed by atoms with E-state index >= 15 is 0 Å². The highest BCUT2D eigenvalue weighted by Gasteiger charge is 2.52. The zero-order valence-corrected chi connectivity index (χ0v) is 12.6. The van der Waals surface area contributed by atoms with Gasteiger partial charge in [0.2, 0.25) is 5.91 Å². The lowest BCUT2D eigenvalue weighted by Crippen LogP contribution is -2.57. The summed E-state index contributed by atoms with van der Waals surface area (Å²) in [5.74, 6) is 1.88. The van der Waals surface area contributed by atoms with Crippen molar-refractivity contribution in [2.45, 2.75) is 51.5 Å². The molecule has 1 amide bonds. The van der Waals surface area contributed by atoms with Gasteiger partial charge in [0.25, 0.3) is 0 Å². The first kappa shape index (κ1) is 13.9. The number of hydrogen-bond donors (Lipinski definition) is 1. The van der Waals surface area contributed by atoms with Crippen LogP contribution in [0.25, 0.3) is 0 Å². The number of rotatable bonds is 3. The molecule has 0 saturated heterocycles. The number of carbonyl (C=O) groups excluding carboxylic acids is 1. The van der Waals surface area contributed by atoms with Crippen LogP contribution < -0.4 is 0 Å². The average Bonchev–Trinajstić information content (AvgIpc) is 2.35. The van der Waals surface area contributed by atoms with E-state index in [2.05, 4.69) is 0 Å². The highest BCUT2D eigenvalue weighted by Crippen LogP contribution is 2.57. The summed E-state index contributed by atoms with van der Waals surface area (Å²) >= 11 is 0. The van der Waals surface area contributed by atoms with Crippen molar-refractivity contribution in [1.82, 2.24) is 4.90 Å². The number of hydrogen-bond acceptors (Lipinski definition) is 2. The highest BCUT2D eigenvalue weighted by atomic mass is 16.4. The molecular formula is C16H25NO3. The number of nitrogens with zero attached hydrogens (tertiary/aromatic N) is 1. The third kappa shape index (κ3) is 1.95. The van der Waals surface area contributed by atoms with Gasteiger partial charge in [0.15, 0.2) is 0 Å². The fourth-order valence-corrected chi connectivity index (χ4v) is 4.97. The third-order valence-electron chi connectivity index (χ3n) is 6.20. The smallest absolute Gasteiger partial charge is 0.329 e. The molecule has 4 rings (SSSR count). The molecule has 0 aliphatic heterocycles. The Balaban J connectivity index is 1.79. The van der Waals surface area contributed by atoms with Crippen LogP contribution in [0.2, 0.25) is 0 Å². The lowest BCUT2D eigenvalue weighted by molar-refractivity contribution is -0.163. The standard InChI is InChI=1S/C16H25NO3/c1-16(2,15(19)20)17(3)14(18)13-11-5-9-4-10(7-11)8-12(13)6-9/h9-13H,4-8H2,1-3H3,(H,19,20). The van der Waals surface area contributed by atoms with Crippen LogP contribution in [0.1, 0.15) is 46.0 Å². The Morgan fingerprint density at radius 2 is 1.45 bits per heavy atom. The van der Waals surface area contributed by atoms with E-state index in [9.17, 15) is 14.7 Å². The first-order chi connectivity index (χ1) is 9.30. The van der Waals surface area contributed by atoms with E-state index in [0.717, 1.165) is 11.8 Å². The molecule has 4 saturated carbocycles. The second kappa shape index (κ2) is 4.47. The lowest BCUT2D eigenvalue weighted by atomic mass is 9.51. The second-order valence-corrected chi connectivity index (χ2v) is 7.72. The van der Waals surface area contributed by atoms with Crippen LogP contribution in [0.4, 0.5) is 0 Å². The van der Waals surface area contributed by atoms with E-state index in [0.29, 0.717) is 11.8 Å². The maximum atomic E-state index is 12.8. The molecule has 0 aromatic carbocycles. The van der Waals surface area contributed by atoms with Gasteiger partial charge < -0.3 is 10.0 Å². The number of carboxylic acids is 1. The molecule has 20 heavy (non-hydrogen) atoms. The average molecular weight is 279 g/mol. The number of carbonyl (C=O) groups is 2. The lowest BCUT2D eigenvalue weighted by Gasteiger charge is -2.54. The summed E-state index contributed by atoms with van der Waals surface area (Å²) in [7, 11) is 1.65. The number of likely N-dealkylation sites (N-methyl/N-ethyl adjacent to an activating group) is 1. The van der Waals surface area contributed by atoms with Gasteiger partial charge in [-0.15, -0.1) is 0 Å². The van der Waals surface area contributed by atoms with Crippen LogP contribution in [0.15, 0.2) is 0 Å². The Morgan fingerprint density at radius 3 is 1.85 bits per heavy atom. The SMILES string of the molecule is CN(C(=O)C1C2CC3CC(C2)CC1C3)C(C)(C)C(=O)O. The first-order valence-electron chi connectivity index (χ1n) is 7.81. The van der Waals surface area contributed by atoms with Crippen LogP contribution in [-0.4, -0.2) is 34.5 Å². The molecule has 4 aliphatic carbocycles. The van der Waals surface area contributed by atoms with Gasteiger partial charge in [-0.3, -0.25) is 4.79 Å². The molecule has 4 aliphatic rings. The maximum Gasteiger partial charge on any atom is 0.329 e. The molecule has 4 bridgehead atoms. The fourth-order valence-electron chi connectivity index (χ4n) is 4.97. The summed E-state index contributed by atoms with van der Waals surface area (Å²) in [5, 5.41) is 9.32. The minimum atomic E-state index is -1.12. The van der Waals surface area contributed by atoms with E-state index < -0.39 is 11.5 Å². The van der Waals surface area contributed by atoms with Crippen LogP contribution in [0.5, 0.6) is 0 Å². The molecule has 112 valence electrons. The van der Waals surface area contributed by atoms with Gasteiger partial charge in [-0.2, -0.15) is 0 Å². The van der Waals surface area contributed by atoms with E-state index in [1.807, 2.05) is 0 Å². The van der Waals surface area contributed by atoms with Crippen molar-refractivity contribution in [1.29, 1.82) is 0 Å². The zero-order chi connectivity index (χ0) is 14.7. The third-order valence-corrected chi connectivity index (χ3v) is 6.20. The Kier molecular flexibility index (Phi) is 3.11. The molecule has 0 aromatic rings. The fraction of sp³-hybridized carbons (Fsp3) is 0.875. The van der Waals surface area contributed by atoms with Gasteiger partial charge >= 0.3 is 5.97 Å². The van der Waals surface area contributed by atoms with E-state index in [1.54, 1.807) is 20.9 Å². The van der Waals surface area contributed by atoms with Crippen molar-refractivity contribution in [3.8, 4) is 0 Å². The maximum absolute atomic E-state index is 12.8. The predicted molar refractivity (Wildman–Crippen MR) is 75.0 cm³/mol. The molecule has 4 heteroatoms. The largest absolute Gasteiger partial charge is 0.480 e. The van der Waals surface area contributed by atoms with Crippen molar-refractivity contribution in [2.75, 3.05) is 7.05 Å². The summed E-state index contributed by atoms with van der Waals surface area (Å²) in [5.41, 5.74) is -1.12. The van der Waals surface area contributed by atoms with Crippen molar-refractivity contribution in [2.24, 2.45) is 29.6 Å². The van der Waals surface area contributed by atoms with Crippen LogP contribution in [-0.2, 0) is 9.59 Å². The molecular weight excluding hydrogens is 254 g/mol. The first-order valence-corrected chi connectivity index (χ1v) is 7.81. The summed E-state index contributed by atoms with van der Waals surface area (Å²) in [6, 6.07) is 0. The Morgan fingerprint density at radius 1 is 1.00 bits per heavy atom. The van der Waals surface area contributed by atoms with Gasteiger partial charge in [-0.25, -0.2) is 4.79 Å². The molecule has 0 radical (unpaired) electrons. The van der Waals surface area contributed by atoms with Gasteiger partial charge in [0.05, 0.1) is 0 Å². The summed E-state index contributed by atoms with van der Waals surface area (Å²) in [6.07, 6.45) is 6.11. The van der Waals surface area contributed by atoms with Crippen LogP contribution >= 0.6 is 0 Å². The van der Waals surface area contributed by atoms with Crippen molar-refractivity contribution in [3.05, 3.63) is 0 Å². The van der Waals surface area contributed by atoms with Gasteiger partial charge in [0, 0.05) is 13.0 Å². The van der Waals surface area contributed by atoms with E-state index in [-0.39, 0.29) is 11.8 Å². The van der Waals surface area contributed by atoms with Crippen LogP contribution in [0, 0.1) is 29.6 Å². The van der Waals surface area contributed by atoms with E-state index in [1.165, 1.54) is 37.0 Å². The van der Waals surface area contributed by atoms with Crippen LogP contribution in [0.3, 0.4) is 0 Å². The minimum Gasteiger partial charge on any atom is -0.480 e. The van der Waals surface area contributed by atoms with Crippen molar-refractivity contribution < 1.29 is 14.7 Å². The summed E-state index contributed by atoms with van der Waals surface area (Å²) in [6.45, 7) is 3.23. The molecule has 0 spiro atoms. The minimum absolute atomic E-state index is 0.0613. The Hall–Kier alpha value is -1.06. The van der Waals surface area contributed by atoms with Gasteiger partial charge in [-0.1, -0.05) is 0 Å². The number of amides is 1. The Bertz CT molecular complexity index is 415. The Labute approximate surface area is 120 Å². The molecule has 4 fully saturated rings. The molecule has 1 N–H and O–H groups in total. The molecule has 0 unspecified atom stereocenters. The summed E-state index contributed by atoms with van der Waals surface area (Å²) < 4.78 is 0. The van der Waals surface area contributed by atoms with E-state index in [4.69, 9.17) is 0 Å². The predicted octanol–water partition coefficient (Wildman–Crippen LogP) is 2.38. The molecule has 0 aromatic heterocycles. The normalized spacial score (nSPS) is 38.9. The van der Waals surface area contributed by atoms with Crippen molar-refractivity contribution in [3.63, 3.8) is 0 Å². The molecule has 0 atom stereocenters. The molecule has 0 heterocycles. The topological polar surface area (TPSA) is 57.6 Å². The number of carboxylic acid groups (broad SMARTS) is 1. The monoisotopic (exact) mass is 279 g/mol. The van der Waals surface area contributed by atoms with Gasteiger partial charge in [-0.05, 0) is 69.6 Å². The quantitative estimate of drug-likeness (QED) is 0.863. The highest BCUT2D eigenvalue weighted by molar-refractivity contribution is 5.87. The zero-order valence-electron chi connectivity index (χ0n) is 12.6. The van der Waals surface area contributed by atoms with Crippen molar-refractivity contribution >= 4 is 11.9 Å². The van der Waals surface area contributed by atoms with Gasteiger partial charge in [0.1, 0.15) is 5.54 Å².